The Morgan fingerprint density at radius 2 is 1.80 bits per heavy atom. The monoisotopic (exact) mass is 644 g/mol. The third-order valence-corrected chi connectivity index (χ3v) is 9.55. The number of ether oxygens (including phenoxy) is 3. The Morgan fingerprint density at radius 1 is 1.00 bits per heavy atom. The summed E-state index contributed by atoms with van der Waals surface area (Å²) >= 11 is 6.05. The van der Waals surface area contributed by atoms with E-state index in [4.69, 9.17) is 25.8 Å². The van der Waals surface area contributed by atoms with Crippen LogP contribution < -0.4 is 23.8 Å². The highest BCUT2D eigenvalue weighted by Gasteiger charge is 2.32. The molecule has 0 spiro atoms. The van der Waals surface area contributed by atoms with Crippen LogP contribution in [0, 0.1) is 17.6 Å². The van der Waals surface area contributed by atoms with Crippen molar-refractivity contribution in [2.24, 2.45) is 5.92 Å². The quantitative estimate of drug-likeness (QED) is 0.225. The molecular weight excluding hydrogens is 614 g/mol. The molecule has 0 aliphatic carbocycles. The molecule has 0 saturated carbocycles. The second-order valence-corrected chi connectivity index (χ2v) is 12.5. The van der Waals surface area contributed by atoms with Crippen molar-refractivity contribution in [2.75, 3.05) is 38.2 Å². The zero-order chi connectivity index (χ0) is 31.3. The molecule has 1 aliphatic heterocycles. The minimum Gasteiger partial charge on any atom is -0.497 e. The Morgan fingerprint density at radius 3 is 2.50 bits per heavy atom. The van der Waals surface area contributed by atoms with Crippen molar-refractivity contribution in [3.63, 3.8) is 0 Å². The van der Waals surface area contributed by atoms with E-state index >= 15 is 8.78 Å². The van der Waals surface area contributed by atoms with E-state index in [1.165, 1.54) is 32.5 Å². The van der Waals surface area contributed by atoms with Crippen LogP contribution in [0.2, 0.25) is 5.02 Å². The molecule has 1 aliphatic rings. The Balaban J connectivity index is 1.42. The number of anilines is 1. The maximum Gasteiger partial charge on any atom is 0.268 e. The van der Waals surface area contributed by atoms with Crippen LogP contribution in [0.15, 0.2) is 77.8 Å². The Kier molecular flexibility index (Phi) is 9.82. The van der Waals surface area contributed by atoms with Crippen LogP contribution in [0.5, 0.6) is 17.2 Å². The van der Waals surface area contributed by atoms with E-state index in [1.54, 1.807) is 18.2 Å². The molecule has 2 atom stereocenters. The summed E-state index contributed by atoms with van der Waals surface area (Å²) in [6, 6.07) is 16.7. The number of hydrogen-bond acceptors (Lipinski definition) is 8. The van der Waals surface area contributed by atoms with Crippen LogP contribution >= 0.6 is 11.6 Å². The van der Waals surface area contributed by atoms with Crippen molar-refractivity contribution >= 4 is 27.4 Å². The van der Waals surface area contributed by atoms with Gasteiger partial charge in [-0.05, 0) is 60.8 Å². The maximum atomic E-state index is 15.6. The van der Waals surface area contributed by atoms with E-state index in [0.717, 1.165) is 28.9 Å². The van der Waals surface area contributed by atoms with Crippen molar-refractivity contribution in [3.8, 4) is 17.2 Å². The molecule has 3 aromatic carbocycles. The predicted molar refractivity (Wildman–Crippen MR) is 162 cm³/mol. The normalized spacial score (nSPS) is 16.8. The molecule has 44 heavy (non-hydrogen) atoms. The summed E-state index contributed by atoms with van der Waals surface area (Å²) < 4.78 is 76.0. The molecule has 0 amide bonds. The number of aromatic nitrogens is 2. The molecule has 1 saturated heterocycles. The van der Waals surface area contributed by atoms with Gasteiger partial charge in [-0.2, -0.15) is 5.10 Å². The molecule has 0 bridgehead atoms. The third kappa shape index (κ3) is 6.87. The molecule has 232 valence electrons. The van der Waals surface area contributed by atoms with Crippen LogP contribution in [0.4, 0.5) is 14.6 Å². The van der Waals surface area contributed by atoms with Crippen molar-refractivity contribution < 1.29 is 31.4 Å². The molecule has 13 heteroatoms. The van der Waals surface area contributed by atoms with Crippen molar-refractivity contribution in [2.45, 2.75) is 23.8 Å². The summed E-state index contributed by atoms with van der Waals surface area (Å²) in [5.41, 5.74) is 1.51. The zero-order valence-electron chi connectivity index (χ0n) is 24.0. The van der Waals surface area contributed by atoms with E-state index < -0.39 is 26.6 Å². The number of benzene rings is 3. The zero-order valence-corrected chi connectivity index (χ0v) is 25.6. The highest BCUT2D eigenvalue weighted by Crippen LogP contribution is 2.35. The SMILES string of the molecule is COc1ccc(CN(c2cccnn2)S(=O)(=O)c2cc(F)c(OC[C@@H]3CNCC[C@H]3c3ccc(Cl)cc3)cc2F)c(OC)c1. The molecule has 1 aromatic heterocycles. The molecule has 1 N–H and O–H groups in total. The summed E-state index contributed by atoms with van der Waals surface area (Å²) in [4.78, 5) is -0.876. The fraction of sp³-hybridized carbons (Fsp3) is 0.290. The van der Waals surface area contributed by atoms with Gasteiger partial charge in [0, 0.05) is 47.4 Å². The number of sulfonamides is 1. The second-order valence-electron chi connectivity index (χ2n) is 10.2. The van der Waals surface area contributed by atoms with Gasteiger partial charge in [0.05, 0.1) is 27.4 Å². The minimum atomic E-state index is -4.69. The van der Waals surface area contributed by atoms with Gasteiger partial charge in [0.15, 0.2) is 17.4 Å². The molecule has 5 rings (SSSR count). The van der Waals surface area contributed by atoms with Gasteiger partial charge in [-0.25, -0.2) is 21.5 Å². The standard InChI is InChI=1S/C31H31ClF2N4O5S/c1-41-24-10-7-21(28(14-24)42-2)18-38(31-4-3-12-36-37-31)44(39,40)30-16-26(33)29(15-27(30)34)43-19-22-17-35-13-11-25(22)20-5-8-23(32)9-6-20/h3-10,12,14-16,22,25,35H,11,13,17-19H2,1-2H3/t22-,25-/m0/s1. The van der Waals surface area contributed by atoms with Gasteiger partial charge in [-0.1, -0.05) is 23.7 Å². The molecule has 0 radical (unpaired) electrons. The summed E-state index contributed by atoms with van der Waals surface area (Å²) in [5.74, 6) is -1.76. The summed E-state index contributed by atoms with van der Waals surface area (Å²) in [5, 5.41) is 11.6. The highest BCUT2D eigenvalue weighted by molar-refractivity contribution is 7.92. The smallest absolute Gasteiger partial charge is 0.268 e. The number of nitrogens with zero attached hydrogens (tertiary/aromatic N) is 3. The largest absolute Gasteiger partial charge is 0.497 e. The lowest BCUT2D eigenvalue weighted by molar-refractivity contribution is 0.190. The number of halogens is 3. The number of rotatable bonds is 11. The van der Waals surface area contributed by atoms with Gasteiger partial charge in [-0.15, -0.1) is 5.10 Å². The molecule has 0 unspecified atom stereocenters. The lowest BCUT2D eigenvalue weighted by Crippen LogP contribution is -2.38. The van der Waals surface area contributed by atoms with Gasteiger partial charge < -0.3 is 19.5 Å². The van der Waals surface area contributed by atoms with Crippen molar-refractivity contribution in [1.29, 1.82) is 0 Å². The highest BCUT2D eigenvalue weighted by atomic mass is 35.5. The number of piperidine rings is 1. The first-order valence-electron chi connectivity index (χ1n) is 13.8. The maximum absolute atomic E-state index is 15.6. The van der Waals surface area contributed by atoms with Gasteiger partial charge >= 0.3 is 0 Å². The Bertz CT molecular complexity index is 1700. The molecule has 4 aromatic rings. The minimum absolute atomic E-state index is 0.0394. The van der Waals surface area contributed by atoms with E-state index in [-0.39, 0.29) is 36.6 Å². The van der Waals surface area contributed by atoms with E-state index in [0.29, 0.717) is 34.7 Å². The number of methoxy groups -OCH3 is 2. The van der Waals surface area contributed by atoms with Crippen LogP contribution in [-0.4, -0.2) is 52.5 Å². The summed E-state index contributed by atoms with van der Waals surface area (Å²) in [6.07, 6.45) is 2.20. The molecular formula is C31H31ClF2N4O5S. The molecule has 9 nitrogen and oxygen atoms in total. The van der Waals surface area contributed by atoms with Crippen molar-refractivity contribution in [3.05, 3.63) is 101 Å². The van der Waals surface area contributed by atoms with Gasteiger partial charge in [0.2, 0.25) is 0 Å². The first-order valence-corrected chi connectivity index (χ1v) is 15.6. The summed E-state index contributed by atoms with van der Waals surface area (Å²) in [7, 11) is -1.78. The van der Waals surface area contributed by atoms with E-state index in [2.05, 4.69) is 15.5 Å². The van der Waals surface area contributed by atoms with Crippen LogP contribution in [0.25, 0.3) is 0 Å². The molecule has 2 heterocycles. The lowest BCUT2D eigenvalue weighted by atomic mass is 9.81. The van der Waals surface area contributed by atoms with Crippen molar-refractivity contribution in [1.82, 2.24) is 15.5 Å². The molecule has 1 fully saturated rings. The first-order chi connectivity index (χ1) is 21.2. The average Bonchev–Trinajstić information content (AvgIpc) is 3.04. The van der Waals surface area contributed by atoms with Crippen LogP contribution in [0.3, 0.4) is 0 Å². The lowest BCUT2D eigenvalue weighted by Gasteiger charge is -2.32. The van der Waals surface area contributed by atoms with Gasteiger partial charge in [0.1, 0.15) is 22.2 Å². The van der Waals surface area contributed by atoms with Gasteiger partial charge in [0.25, 0.3) is 10.0 Å². The Hall–Kier alpha value is -4.00. The summed E-state index contributed by atoms with van der Waals surface area (Å²) in [6.45, 7) is 1.20. The predicted octanol–water partition coefficient (Wildman–Crippen LogP) is 5.59. The fourth-order valence-electron chi connectivity index (χ4n) is 5.23. The van der Waals surface area contributed by atoms with Gasteiger partial charge in [-0.3, -0.25) is 0 Å². The van der Waals surface area contributed by atoms with E-state index in [9.17, 15) is 8.42 Å². The first kappa shape index (κ1) is 31.4. The van der Waals surface area contributed by atoms with E-state index in [1.807, 2.05) is 24.3 Å². The second kappa shape index (κ2) is 13.7. The average molecular weight is 645 g/mol. The van der Waals surface area contributed by atoms with Crippen LogP contribution in [0.1, 0.15) is 23.5 Å². The Labute approximate surface area is 259 Å². The number of nitrogens with one attached hydrogen (secondary N) is 1. The topological polar surface area (TPSA) is 103 Å². The van der Waals surface area contributed by atoms with Crippen LogP contribution in [-0.2, 0) is 16.6 Å². The third-order valence-electron chi connectivity index (χ3n) is 7.54. The fourth-order valence-corrected chi connectivity index (χ4v) is 6.81. The number of hydrogen-bond donors (Lipinski definition) is 1.